The minimum Gasteiger partial charge on any atom is -0.399 e. The van der Waals surface area contributed by atoms with Gasteiger partial charge in [0, 0.05) is 11.8 Å². The lowest BCUT2D eigenvalue weighted by Crippen LogP contribution is -2.07. The summed E-state index contributed by atoms with van der Waals surface area (Å²) in [4.78, 5) is 16.2. The fourth-order valence-electron chi connectivity index (χ4n) is 1.91. The number of amides is 1. The van der Waals surface area contributed by atoms with E-state index in [4.69, 9.17) is 5.73 Å². The first kappa shape index (κ1) is 13.3. The molecule has 0 bridgehead atoms. The average molecular weight is 295 g/mol. The van der Waals surface area contributed by atoms with Gasteiger partial charge in [-0.2, -0.15) is 0 Å². The van der Waals surface area contributed by atoms with Crippen LogP contribution in [0, 0.1) is 0 Å². The molecule has 104 valence electrons. The number of hydrogen-bond donors (Lipinski definition) is 2. The summed E-state index contributed by atoms with van der Waals surface area (Å²) >= 11 is 1.45. The summed E-state index contributed by atoms with van der Waals surface area (Å²) in [6.45, 7) is 0. The van der Waals surface area contributed by atoms with Crippen LogP contribution in [0.1, 0.15) is 5.56 Å². The molecular formula is C16H13N3OS. The third-order valence-electron chi connectivity index (χ3n) is 2.86. The van der Waals surface area contributed by atoms with Crippen molar-refractivity contribution >= 4 is 44.4 Å². The summed E-state index contributed by atoms with van der Waals surface area (Å²) < 4.78 is 1.05. The number of nitrogens with zero attached hydrogens (tertiary/aromatic N) is 1. The van der Waals surface area contributed by atoms with Crippen molar-refractivity contribution in [2.24, 2.45) is 0 Å². The number of anilines is 2. The highest BCUT2D eigenvalue weighted by Gasteiger charge is 2.04. The molecule has 4 nitrogen and oxygen atoms in total. The number of nitrogens with two attached hydrogens (primary N) is 1. The minimum atomic E-state index is -0.212. The number of para-hydroxylation sites is 1. The second-order valence-electron chi connectivity index (χ2n) is 4.48. The normalized spacial score (nSPS) is 11.0. The quantitative estimate of drug-likeness (QED) is 0.573. The Morgan fingerprint density at radius 2 is 2.05 bits per heavy atom. The summed E-state index contributed by atoms with van der Waals surface area (Å²) in [5, 5.41) is 3.36. The number of hydrogen-bond acceptors (Lipinski definition) is 4. The van der Waals surface area contributed by atoms with Gasteiger partial charge < -0.3 is 5.73 Å². The maximum atomic E-state index is 11.9. The third-order valence-corrected chi connectivity index (χ3v) is 3.81. The van der Waals surface area contributed by atoms with Crippen molar-refractivity contribution in [3.63, 3.8) is 0 Å². The Kier molecular flexibility index (Phi) is 3.66. The van der Waals surface area contributed by atoms with Gasteiger partial charge in [0.05, 0.1) is 10.2 Å². The molecule has 1 aromatic heterocycles. The van der Waals surface area contributed by atoms with E-state index in [0.29, 0.717) is 10.8 Å². The molecule has 3 aromatic rings. The van der Waals surface area contributed by atoms with Crippen molar-refractivity contribution in [2.45, 2.75) is 0 Å². The molecule has 0 saturated carbocycles. The number of carbonyl (C=O) groups is 1. The number of rotatable bonds is 3. The Morgan fingerprint density at radius 1 is 1.19 bits per heavy atom. The molecular weight excluding hydrogens is 282 g/mol. The van der Waals surface area contributed by atoms with Crippen LogP contribution in [0.25, 0.3) is 16.3 Å². The highest BCUT2D eigenvalue weighted by Crippen LogP contribution is 2.25. The topological polar surface area (TPSA) is 68.0 Å². The Hall–Kier alpha value is -2.66. The van der Waals surface area contributed by atoms with E-state index >= 15 is 0 Å². The molecule has 0 aliphatic heterocycles. The van der Waals surface area contributed by atoms with Gasteiger partial charge in [-0.05, 0) is 35.9 Å². The fourth-order valence-corrected chi connectivity index (χ4v) is 2.78. The predicted octanol–water partition coefficient (Wildman–Crippen LogP) is 3.53. The second kappa shape index (κ2) is 5.76. The Bertz CT molecular complexity index is 790. The van der Waals surface area contributed by atoms with Crippen molar-refractivity contribution in [1.82, 2.24) is 4.98 Å². The van der Waals surface area contributed by atoms with Crippen LogP contribution in [0.15, 0.2) is 54.6 Å². The summed E-state index contributed by atoms with van der Waals surface area (Å²) in [5.41, 5.74) is 8.13. The number of thiazole rings is 1. The molecule has 5 heteroatoms. The van der Waals surface area contributed by atoms with Crippen LogP contribution < -0.4 is 11.1 Å². The smallest absolute Gasteiger partial charge is 0.250 e. The van der Waals surface area contributed by atoms with Crippen molar-refractivity contribution in [1.29, 1.82) is 0 Å². The van der Waals surface area contributed by atoms with E-state index < -0.39 is 0 Å². The van der Waals surface area contributed by atoms with Crippen molar-refractivity contribution < 1.29 is 4.79 Å². The molecule has 0 spiro atoms. The number of aromatic nitrogens is 1. The Balaban J connectivity index is 1.71. The van der Waals surface area contributed by atoms with E-state index in [0.717, 1.165) is 15.8 Å². The molecule has 0 atom stereocenters. The Labute approximate surface area is 125 Å². The van der Waals surface area contributed by atoms with Crippen LogP contribution in [-0.2, 0) is 4.79 Å². The third kappa shape index (κ3) is 3.27. The van der Waals surface area contributed by atoms with E-state index in [1.165, 1.54) is 17.4 Å². The van der Waals surface area contributed by atoms with Crippen molar-refractivity contribution in [3.05, 3.63) is 60.2 Å². The standard InChI is InChI=1S/C16H13N3OS/c17-12-5-3-4-11(10-12)8-9-15(20)19-16-18-13-6-1-2-7-14(13)21-16/h1-10H,17H2,(H,18,19,20)/b9-8+. The zero-order valence-electron chi connectivity index (χ0n) is 11.1. The van der Waals surface area contributed by atoms with Crippen LogP contribution in [0.4, 0.5) is 10.8 Å². The van der Waals surface area contributed by atoms with Gasteiger partial charge in [0.25, 0.3) is 0 Å². The van der Waals surface area contributed by atoms with E-state index in [1.807, 2.05) is 42.5 Å². The van der Waals surface area contributed by atoms with Gasteiger partial charge in [0.15, 0.2) is 5.13 Å². The second-order valence-corrected chi connectivity index (χ2v) is 5.51. The number of benzene rings is 2. The van der Waals surface area contributed by atoms with Crippen LogP contribution in [0.3, 0.4) is 0 Å². The minimum absolute atomic E-state index is 0.212. The zero-order valence-corrected chi connectivity index (χ0v) is 11.9. The molecule has 3 N–H and O–H groups in total. The van der Waals surface area contributed by atoms with E-state index in [9.17, 15) is 4.79 Å². The largest absolute Gasteiger partial charge is 0.399 e. The lowest BCUT2D eigenvalue weighted by molar-refractivity contribution is -0.111. The maximum absolute atomic E-state index is 11.9. The zero-order chi connectivity index (χ0) is 14.7. The molecule has 0 fully saturated rings. The van der Waals surface area contributed by atoms with Crippen molar-refractivity contribution in [3.8, 4) is 0 Å². The molecule has 0 aliphatic carbocycles. The summed E-state index contributed by atoms with van der Waals surface area (Å²) in [7, 11) is 0. The van der Waals surface area contributed by atoms with Gasteiger partial charge in [-0.25, -0.2) is 4.98 Å². The van der Waals surface area contributed by atoms with E-state index in [2.05, 4.69) is 10.3 Å². The van der Waals surface area contributed by atoms with Crippen LogP contribution in [0.2, 0.25) is 0 Å². The number of nitrogen functional groups attached to an aromatic ring is 1. The SMILES string of the molecule is Nc1cccc(/C=C/C(=O)Nc2nc3ccccc3s2)c1. The molecule has 1 amide bonds. The maximum Gasteiger partial charge on any atom is 0.250 e. The molecule has 2 aromatic carbocycles. The van der Waals surface area contributed by atoms with Crippen LogP contribution >= 0.6 is 11.3 Å². The summed E-state index contributed by atoms with van der Waals surface area (Å²) in [5.74, 6) is -0.212. The lowest BCUT2D eigenvalue weighted by atomic mass is 10.2. The highest BCUT2D eigenvalue weighted by atomic mass is 32.1. The first-order chi connectivity index (χ1) is 10.2. The van der Waals surface area contributed by atoms with E-state index in [1.54, 1.807) is 12.1 Å². The number of nitrogens with one attached hydrogen (secondary N) is 1. The van der Waals surface area contributed by atoms with E-state index in [-0.39, 0.29) is 5.91 Å². The first-order valence-electron chi connectivity index (χ1n) is 6.41. The molecule has 21 heavy (non-hydrogen) atoms. The van der Waals surface area contributed by atoms with Gasteiger partial charge in [0.1, 0.15) is 0 Å². The average Bonchev–Trinajstić information content (AvgIpc) is 2.87. The monoisotopic (exact) mass is 295 g/mol. The van der Waals surface area contributed by atoms with Gasteiger partial charge in [-0.15, -0.1) is 0 Å². The lowest BCUT2D eigenvalue weighted by Gasteiger charge is -1.97. The van der Waals surface area contributed by atoms with Crippen molar-refractivity contribution in [2.75, 3.05) is 11.1 Å². The molecule has 3 rings (SSSR count). The molecule has 0 aliphatic rings. The van der Waals surface area contributed by atoms with Crippen LogP contribution in [0.5, 0.6) is 0 Å². The van der Waals surface area contributed by atoms with Gasteiger partial charge >= 0.3 is 0 Å². The molecule has 1 heterocycles. The predicted molar refractivity (Wildman–Crippen MR) is 88.1 cm³/mol. The van der Waals surface area contributed by atoms with Gasteiger partial charge in [0.2, 0.25) is 5.91 Å². The summed E-state index contributed by atoms with van der Waals surface area (Å²) in [6.07, 6.45) is 3.19. The first-order valence-corrected chi connectivity index (χ1v) is 7.22. The Morgan fingerprint density at radius 3 is 2.86 bits per heavy atom. The van der Waals surface area contributed by atoms with Crippen LogP contribution in [-0.4, -0.2) is 10.9 Å². The number of carbonyl (C=O) groups excluding carboxylic acids is 1. The highest BCUT2D eigenvalue weighted by molar-refractivity contribution is 7.22. The fraction of sp³-hybridized carbons (Fsp3) is 0. The molecule has 0 unspecified atom stereocenters. The summed E-state index contributed by atoms with van der Waals surface area (Å²) in [6, 6.07) is 15.1. The van der Waals surface area contributed by atoms with Gasteiger partial charge in [-0.1, -0.05) is 35.6 Å². The number of fused-ring (bicyclic) bond motifs is 1. The molecule has 0 radical (unpaired) electrons. The molecule has 0 saturated heterocycles. The van der Waals surface area contributed by atoms with Gasteiger partial charge in [-0.3, -0.25) is 10.1 Å².